The highest BCUT2D eigenvalue weighted by atomic mass is 35.5. The number of hydrogen-bond donors (Lipinski definition) is 1. The Hall–Kier alpha value is -1.90. The SMILES string of the molecule is Cc1ccc(C(O)c2cccc3ncccc23)c(Cl)c1. The minimum atomic E-state index is -0.754. The summed E-state index contributed by atoms with van der Waals surface area (Å²) in [7, 11) is 0. The van der Waals surface area contributed by atoms with Gasteiger partial charge in [-0.2, -0.15) is 0 Å². The molecule has 0 radical (unpaired) electrons. The Balaban J connectivity index is 2.15. The van der Waals surface area contributed by atoms with E-state index in [9.17, 15) is 5.11 Å². The summed E-state index contributed by atoms with van der Waals surface area (Å²) in [6.07, 6.45) is 0.994. The number of aryl methyl sites for hydroxylation is 1. The van der Waals surface area contributed by atoms with Crippen LogP contribution in [0.3, 0.4) is 0 Å². The highest BCUT2D eigenvalue weighted by Crippen LogP contribution is 2.32. The molecule has 0 fully saturated rings. The van der Waals surface area contributed by atoms with Crippen molar-refractivity contribution in [2.24, 2.45) is 0 Å². The molecule has 2 aromatic carbocycles. The van der Waals surface area contributed by atoms with E-state index in [0.29, 0.717) is 10.6 Å². The van der Waals surface area contributed by atoms with Crippen molar-refractivity contribution in [2.75, 3.05) is 0 Å². The van der Waals surface area contributed by atoms with Crippen LogP contribution in [-0.2, 0) is 0 Å². The molecule has 0 aliphatic rings. The van der Waals surface area contributed by atoms with E-state index in [1.165, 1.54) is 0 Å². The van der Waals surface area contributed by atoms with Crippen LogP contribution in [0, 0.1) is 6.92 Å². The summed E-state index contributed by atoms with van der Waals surface area (Å²) in [6.45, 7) is 1.98. The molecule has 1 heterocycles. The molecular weight excluding hydrogens is 270 g/mol. The van der Waals surface area contributed by atoms with Gasteiger partial charge in [-0.3, -0.25) is 4.98 Å². The van der Waals surface area contributed by atoms with Gasteiger partial charge in [0.1, 0.15) is 6.10 Å². The molecule has 1 atom stereocenters. The first-order valence-corrected chi connectivity index (χ1v) is 6.82. The van der Waals surface area contributed by atoms with Crippen molar-refractivity contribution in [1.82, 2.24) is 4.98 Å². The van der Waals surface area contributed by atoms with E-state index in [0.717, 1.165) is 22.0 Å². The lowest BCUT2D eigenvalue weighted by atomic mass is 9.97. The lowest BCUT2D eigenvalue weighted by molar-refractivity contribution is 0.222. The van der Waals surface area contributed by atoms with Crippen molar-refractivity contribution in [3.05, 3.63) is 76.4 Å². The van der Waals surface area contributed by atoms with Gasteiger partial charge < -0.3 is 5.11 Å². The fraction of sp³-hybridized carbons (Fsp3) is 0.118. The number of fused-ring (bicyclic) bond motifs is 1. The van der Waals surface area contributed by atoms with Crippen LogP contribution in [0.5, 0.6) is 0 Å². The van der Waals surface area contributed by atoms with Crippen molar-refractivity contribution >= 4 is 22.5 Å². The zero-order chi connectivity index (χ0) is 14.1. The van der Waals surface area contributed by atoms with E-state index in [-0.39, 0.29) is 0 Å². The first-order valence-electron chi connectivity index (χ1n) is 6.44. The van der Waals surface area contributed by atoms with Crippen LogP contribution in [0.25, 0.3) is 10.9 Å². The summed E-state index contributed by atoms with van der Waals surface area (Å²) in [5.74, 6) is 0. The van der Waals surface area contributed by atoms with Gasteiger partial charge >= 0.3 is 0 Å². The number of pyridine rings is 1. The molecule has 0 aliphatic heterocycles. The fourth-order valence-corrected chi connectivity index (χ4v) is 2.73. The predicted molar refractivity (Wildman–Crippen MR) is 82.0 cm³/mol. The molecule has 1 unspecified atom stereocenters. The number of hydrogen-bond acceptors (Lipinski definition) is 2. The first-order chi connectivity index (χ1) is 9.66. The second kappa shape index (κ2) is 5.23. The largest absolute Gasteiger partial charge is 0.384 e. The minimum absolute atomic E-state index is 0.582. The number of halogens is 1. The van der Waals surface area contributed by atoms with Crippen LogP contribution in [-0.4, -0.2) is 10.1 Å². The number of aliphatic hydroxyl groups excluding tert-OH is 1. The van der Waals surface area contributed by atoms with E-state index in [2.05, 4.69) is 4.98 Å². The van der Waals surface area contributed by atoms with Crippen LogP contribution in [0.1, 0.15) is 22.8 Å². The summed E-state index contributed by atoms with van der Waals surface area (Å²) < 4.78 is 0. The molecule has 0 amide bonds. The van der Waals surface area contributed by atoms with E-state index in [1.54, 1.807) is 6.20 Å². The Morgan fingerprint density at radius 1 is 1.05 bits per heavy atom. The molecule has 0 bridgehead atoms. The topological polar surface area (TPSA) is 33.1 Å². The van der Waals surface area contributed by atoms with Gasteiger partial charge in [0.2, 0.25) is 0 Å². The van der Waals surface area contributed by atoms with E-state index in [4.69, 9.17) is 11.6 Å². The lowest BCUT2D eigenvalue weighted by Crippen LogP contribution is -2.02. The van der Waals surface area contributed by atoms with E-state index in [1.807, 2.05) is 55.5 Å². The number of aromatic nitrogens is 1. The average Bonchev–Trinajstić information content (AvgIpc) is 2.46. The van der Waals surface area contributed by atoms with Crippen molar-refractivity contribution < 1.29 is 5.11 Å². The van der Waals surface area contributed by atoms with Crippen molar-refractivity contribution in [1.29, 1.82) is 0 Å². The molecule has 100 valence electrons. The summed E-state index contributed by atoms with van der Waals surface area (Å²) in [5, 5.41) is 12.2. The Labute approximate surface area is 122 Å². The summed E-state index contributed by atoms with van der Waals surface area (Å²) >= 11 is 6.25. The number of benzene rings is 2. The molecule has 1 N–H and O–H groups in total. The smallest absolute Gasteiger partial charge is 0.106 e. The maximum atomic E-state index is 10.6. The van der Waals surface area contributed by atoms with Crippen LogP contribution in [0.2, 0.25) is 5.02 Å². The van der Waals surface area contributed by atoms with Crippen molar-refractivity contribution in [3.8, 4) is 0 Å². The van der Waals surface area contributed by atoms with Gasteiger partial charge in [0.25, 0.3) is 0 Å². The molecule has 3 aromatic rings. The molecule has 1 aromatic heterocycles. The molecule has 3 rings (SSSR count). The summed E-state index contributed by atoms with van der Waals surface area (Å²) in [5.41, 5.74) is 3.48. The van der Waals surface area contributed by atoms with Crippen LogP contribution >= 0.6 is 11.6 Å². The maximum Gasteiger partial charge on any atom is 0.106 e. The molecule has 2 nitrogen and oxygen atoms in total. The highest BCUT2D eigenvalue weighted by Gasteiger charge is 2.16. The third kappa shape index (κ3) is 2.28. The summed E-state index contributed by atoms with van der Waals surface area (Å²) in [4.78, 5) is 4.31. The molecule has 20 heavy (non-hydrogen) atoms. The minimum Gasteiger partial charge on any atom is -0.384 e. The van der Waals surface area contributed by atoms with Crippen molar-refractivity contribution in [3.63, 3.8) is 0 Å². The molecule has 0 saturated carbocycles. The van der Waals surface area contributed by atoms with Gasteiger partial charge in [-0.05, 0) is 36.2 Å². The van der Waals surface area contributed by atoms with Crippen LogP contribution < -0.4 is 0 Å². The molecule has 0 aliphatic carbocycles. The summed E-state index contributed by atoms with van der Waals surface area (Å²) in [6, 6.07) is 15.3. The Kier molecular flexibility index (Phi) is 3.43. The highest BCUT2D eigenvalue weighted by molar-refractivity contribution is 6.31. The van der Waals surface area contributed by atoms with Crippen LogP contribution in [0.4, 0.5) is 0 Å². The van der Waals surface area contributed by atoms with Gasteiger partial charge in [0, 0.05) is 22.2 Å². The second-order valence-corrected chi connectivity index (χ2v) is 5.25. The third-order valence-corrected chi connectivity index (χ3v) is 3.75. The number of rotatable bonds is 2. The van der Waals surface area contributed by atoms with Crippen molar-refractivity contribution in [2.45, 2.75) is 13.0 Å². The first kappa shape index (κ1) is 13.1. The Morgan fingerprint density at radius 2 is 1.90 bits per heavy atom. The Morgan fingerprint density at radius 3 is 2.70 bits per heavy atom. The van der Waals surface area contributed by atoms with E-state index >= 15 is 0 Å². The number of nitrogens with zero attached hydrogens (tertiary/aromatic N) is 1. The fourth-order valence-electron chi connectivity index (χ4n) is 2.39. The molecule has 0 saturated heterocycles. The molecular formula is C17H14ClNO. The normalized spacial score (nSPS) is 12.6. The van der Waals surface area contributed by atoms with Crippen LogP contribution in [0.15, 0.2) is 54.7 Å². The van der Waals surface area contributed by atoms with E-state index < -0.39 is 6.10 Å². The van der Waals surface area contributed by atoms with Gasteiger partial charge in [0.05, 0.1) is 5.52 Å². The second-order valence-electron chi connectivity index (χ2n) is 4.84. The maximum absolute atomic E-state index is 10.6. The zero-order valence-electron chi connectivity index (χ0n) is 11.0. The zero-order valence-corrected chi connectivity index (χ0v) is 11.8. The van der Waals surface area contributed by atoms with Gasteiger partial charge in [-0.1, -0.05) is 41.9 Å². The monoisotopic (exact) mass is 283 g/mol. The average molecular weight is 284 g/mol. The van der Waals surface area contributed by atoms with Gasteiger partial charge in [-0.25, -0.2) is 0 Å². The molecule has 3 heteroatoms. The van der Waals surface area contributed by atoms with Gasteiger partial charge in [0.15, 0.2) is 0 Å². The quantitative estimate of drug-likeness (QED) is 0.761. The predicted octanol–water partition coefficient (Wildman–Crippen LogP) is 4.28. The molecule has 0 spiro atoms. The third-order valence-electron chi connectivity index (χ3n) is 3.42. The Bertz CT molecular complexity index is 765. The standard InChI is InChI=1S/C17H14ClNO/c1-11-7-8-14(15(18)10-11)17(20)13-4-2-6-16-12(13)5-3-9-19-16/h2-10,17,20H,1H3. The number of aliphatic hydroxyl groups is 1. The van der Waals surface area contributed by atoms with Gasteiger partial charge in [-0.15, -0.1) is 0 Å². The lowest BCUT2D eigenvalue weighted by Gasteiger charge is -2.15.